The van der Waals surface area contributed by atoms with Gasteiger partial charge in [0.2, 0.25) is 0 Å². The average Bonchev–Trinajstić information content (AvgIpc) is 3.04. The molecule has 2 atom stereocenters. The molecule has 7 heteroatoms. The number of carbonyl (C=O) groups is 1. The number of aromatic nitrogens is 2. The van der Waals surface area contributed by atoms with Gasteiger partial charge >= 0.3 is 6.03 Å². The number of aryl methyl sites for hydroxylation is 1. The summed E-state index contributed by atoms with van der Waals surface area (Å²) in [6.45, 7) is 9.90. The SMILES string of the molecule is Cn1cc(C2CSCCN2C(=O)NCC2CC(C)(C)OC2(C)C)cn1. The molecule has 0 spiro atoms. The number of nitrogens with one attached hydrogen (secondary N) is 1. The third kappa shape index (κ3) is 4.14. The summed E-state index contributed by atoms with van der Waals surface area (Å²) in [7, 11) is 1.91. The molecule has 25 heavy (non-hydrogen) atoms. The fourth-order valence-corrected chi connectivity index (χ4v) is 5.13. The number of rotatable bonds is 3. The van der Waals surface area contributed by atoms with Crippen molar-refractivity contribution in [1.29, 1.82) is 0 Å². The first-order valence-corrected chi connectivity index (χ1v) is 10.1. The third-order valence-corrected chi connectivity index (χ3v) is 6.28. The normalized spacial score (nSPS) is 28.1. The zero-order valence-corrected chi connectivity index (χ0v) is 16.7. The van der Waals surface area contributed by atoms with E-state index in [1.807, 2.05) is 36.1 Å². The Bertz CT molecular complexity index is 628. The van der Waals surface area contributed by atoms with Crippen molar-refractivity contribution < 1.29 is 9.53 Å². The summed E-state index contributed by atoms with van der Waals surface area (Å²) >= 11 is 1.89. The highest BCUT2D eigenvalue weighted by Crippen LogP contribution is 2.41. The van der Waals surface area contributed by atoms with Crippen molar-refractivity contribution in [1.82, 2.24) is 20.0 Å². The highest BCUT2D eigenvalue weighted by atomic mass is 32.2. The van der Waals surface area contributed by atoms with E-state index in [1.54, 1.807) is 4.68 Å². The van der Waals surface area contributed by atoms with E-state index in [0.717, 1.165) is 30.0 Å². The number of thioether (sulfide) groups is 1. The van der Waals surface area contributed by atoms with Gasteiger partial charge < -0.3 is 15.0 Å². The quantitative estimate of drug-likeness (QED) is 0.894. The van der Waals surface area contributed by atoms with Gasteiger partial charge in [0.15, 0.2) is 0 Å². The minimum absolute atomic E-state index is 0.0228. The summed E-state index contributed by atoms with van der Waals surface area (Å²) in [5.41, 5.74) is 0.770. The van der Waals surface area contributed by atoms with Crippen LogP contribution in [0.5, 0.6) is 0 Å². The maximum atomic E-state index is 12.9. The number of hydrogen-bond donors (Lipinski definition) is 1. The first-order chi connectivity index (χ1) is 11.7. The van der Waals surface area contributed by atoms with E-state index < -0.39 is 0 Å². The summed E-state index contributed by atoms with van der Waals surface area (Å²) in [4.78, 5) is 14.8. The molecule has 0 bridgehead atoms. The van der Waals surface area contributed by atoms with Crippen LogP contribution >= 0.6 is 11.8 Å². The van der Waals surface area contributed by atoms with Crippen molar-refractivity contribution in [2.75, 3.05) is 24.6 Å². The van der Waals surface area contributed by atoms with Gasteiger partial charge in [-0.05, 0) is 34.1 Å². The summed E-state index contributed by atoms with van der Waals surface area (Å²) in [5, 5.41) is 7.43. The second-order valence-electron chi connectivity index (χ2n) is 8.28. The summed E-state index contributed by atoms with van der Waals surface area (Å²) in [6, 6.07) is 0.117. The summed E-state index contributed by atoms with van der Waals surface area (Å²) < 4.78 is 7.94. The van der Waals surface area contributed by atoms with Crippen molar-refractivity contribution in [2.24, 2.45) is 13.0 Å². The molecule has 1 N–H and O–H groups in total. The topological polar surface area (TPSA) is 59.4 Å². The van der Waals surface area contributed by atoms with Crippen LogP contribution in [-0.4, -0.2) is 56.5 Å². The van der Waals surface area contributed by atoms with Crippen LogP contribution in [0, 0.1) is 5.92 Å². The Morgan fingerprint density at radius 3 is 2.80 bits per heavy atom. The van der Waals surface area contributed by atoms with Crippen LogP contribution in [0.1, 0.15) is 45.7 Å². The lowest BCUT2D eigenvalue weighted by Crippen LogP contribution is -2.48. The third-order valence-electron chi connectivity index (χ3n) is 5.26. The Kier molecular flexibility index (Phi) is 5.08. The van der Waals surface area contributed by atoms with Gasteiger partial charge in [0.25, 0.3) is 0 Å². The molecule has 6 nitrogen and oxygen atoms in total. The fourth-order valence-electron chi connectivity index (χ4n) is 4.04. The number of nitrogens with zero attached hydrogens (tertiary/aromatic N) is 3. The van der Waals surface area contributed by atoms with E-state index in [9.17, 15) is 4.79 Å². The molecule has 2 fully saturated rings. The second kappa shape index (κ2) is 6.83. The summed E-state index contributed by atoms with van der Waals surface area (Å²) in [6.07, 6.45) is 4.84. The maximum absolute atomic E-state index is 12.9. The molecule has 2 aliphatic heterocycles. The zero-order chi connectivity index (χ0) is 18.2. The van der Waals surface area contributed by atoms with Gasteiger partial charge in [-0.25, -0.2) is 4.79 Å². The van der Waals surface area contributed by atoms with Gasteiger partial charge in [0.05, 0.1) is 23.4 Å². The maximum Gasteiger partial charge on any atom is 0.317 e. The van der Waals surface area contributed by atoms with Crippen LogP contribution in [0.3, 0.4) is 0 Å². The molecule has 1 aromatic heterocycles. The first-order valence-electron chi connectivity index (χ1n) is 8.99. The number of carbonyl (C=O) groups excluding carboxylic acids is 1. The van der Waals surface area contributed by atoms with Crippen LogP contribution < -0.4 is 5.32 Å². The molecule has 2 saturated heterocycles. The predicted octanol–water partition coefficient (Wildman–Crippen LogP) is 2.81. The van der Waals surface area contributed by atoms with Crippen molar-refractivity contribution in [2.45, 2.75) is 51.4 Å². The average molecular weight is 367 g/mol. The molecule has 0 radical (unpaired) electrons. The fraction of sp³-hybridized carbons (Fsp3) is 0.778. The van der Waals surface area contributed by atoms with Gasteiger partial charge in [-0.2, -0.15) is 16.9 Å². The molecule has 0 saturated carbocycles. The number of hydrogen-bond acceptors (Lipinski definition) is 4. The van der Waals surface area contributed by atoms with E-state index in [2.05, 4.69) is 38.1 Å². The number of ether oxygens (including phenoxy) is 1. The minimum atomic E-state index is -0.211. The van der Waals surface area contributed by atoms with Gasteiger partial charge in [0, 0.05) is 49.3 Å². The smallest absolute Gasteiger partial charge is 0.317 e. The lowest BCUT2D eigenvalue weighted by Gasteiger charge is -2.35. The second-order valence-corrected chi connectivity index (χ2v) is 9.43. The minimum Gasteiger partial charge on any atom is -0.369 e. The monoisotopic (exact) mass is 366 g/mol. The molecule has 2 aliphatic rings. The van der Waals surface area contributed by atoms with Gasteiger partial charge in [0.1, 0.15) is 0 Å². The van der Waals surface area contributed by atoms with Crippen LogP contribution in [0.15, 0.2) is 12.4 Å². The molecule has 2 amide bonds. The molecule has 1 aromatic rings. The Labute approximate surface area is 154 Å². The van der Waals surface area contributed by atoms with Gasteiger partial charge in [-0.15, -0.1) is 0 Å². The lowest BCUT2D eigenvalue weighted by molar-refractivity contribution is -0.0740. The molecule has 0 aromatic carbocycles. The first kappa shape index (κ1) is 18.6. The molecule has 140 valence electrons. The molecule has 2 unspecified atom stereocenters. The van der Waals surface area contributed by atoms with Crippen molar-refractivity contribution in [3.8, 4) is 0 Å². The highest BCUT2D eigenvalue weighted by molar-refractivity contribution is 7.99. The standard InChI is InChI=1S/C18H30N4O2S/c1-17(2)8-14(18(3,4)24-17)10-19-16(23)22-6-7-25-12-15(22)13-9-20-21(5)11-13/h9,11,14-15H,6-8,10,12H2,1-5H3,(H,19,23). The van der Waals surface area contributed by atoms with Crippen LogP contribution in [0.25, 0.3) is 0 Å². The van der Waals surface area contributed by atoms with Crippen molar-refractivity contribution >= 4 is 17.8 Å². The van der Waals surface area contributed by atoms with Crippen LogP contribution in [0.4, 0.5) is 4.79 Å². The van der Waals surface area contributed by atoms with E-state index in [0.29, 0.717) is 12.5 Å². The zero-order valence-electron chi connectivity index (χ0n) is 15.9. The van der Waals surface area contributed by atoms with E-state index in [1.165, 1.54) is 0 Å². The van der Waals surface area contributed by atoms with E-state index >= 15 is 0 Å². The van der Waals surface area contributed by atoms with Crippen molar-refractivity contribution in [3.63, 3.8) is 0 Å². The van der Waals surface area contributed by atoms with E-state index in [-0.39, 0.29) is 23.3 Å². The number of amides is 2. The molecular weight excluding hydrogens is 336 g/mol. The molecule has 3 rings (SSSR count). The van der Waals surface area contributed by atoms with Crippen LogP contribution in [-0.2, 0) is 11.8 Å². The van der Waals surface area contributed by atoms with Crippen molar-refractivity contribution in [3.05, 3.63) is 18.0 Å². The Balaban J connectivity index is 1.63. The van der Waals surface area contributed by atoms with E-state index in [4.69, 9.17) is 4.74 Å². The Hall–Kier alpha value is -1.21. The predicted molar refractivity (Wildman–Crippen MR) is 101 cm³/mol. The molecular formula is C18H30N4O2S. The molecule has 0 aliphatic carbocycles. The highest BCUT2D eigenvalue weighted by Gasteiger charge is 2.45. The number of urea groups is 1. The molecule has 3 heterocycles. The van der Waals surface area contributed by atoms with Crippen LogP contribution in [0.2, 0.25) is 0 Å². The van der Waals surface area contributed by atoms with Gasteiger partial charge in [-0.3, -0.25) is 4.68 Å². The Morgan fingerprint density at radius 1 is 1.44 bits per heavy atom. The largest absolute Gasteiger partial charge is 0.369 e. The summed E-state index contributed by atoms with van der Waals surface area (Å²) in [5.74, 6) is 2.22. The van der Waals surface area contributed by atoms with Gasteiger partial charge in [-0.1, -0.05) is 0 Å². The lowest BCUT2D eigenvalue weighted by atomic mass is 9.87. The Morgan fingerprint density at radius 2 is 2.20 bits per heavy atom.